The van der Waals surface area contributed by atoms with Crippen LogP contribution in [0.4, 0.5) is 10.1 Å². The predicted octanol–water partition coefficient (Wildman–Crippen LogP) is 1.76. The summed E-state index contributed by atoms with van der Waals surface area (Å²) in [4.78, 5) is 9.11. The Morgan fingerprint density at radius 3 is 2.28 bits per heavy atom. The first-order chi connectivity index (χ1) is 8.34. The smallest absolute Gasteiger partial charge is 0.258 e. The summed E-state index contributed by atoms with van der Waals surface area (Å²) in [5.74, 6) is -1.11. The van der Waals surface area contributed by atoms with Crippen LogP contribution in [0, 0.1) is 15.9 Å². The van der Waals surface area contributed by atoms with Crippen LogP contribution in [0.25, 0.3) is 0 Å². The fourth-order valence-electron chi connectivity index (χ4n) is 1.52. The number of nitrogens with zero attached hydrogens (tertiary/aromatic N) is 2. The van der Waals surface area contributed by atoms with E-state index in [-0.39, 0.29) is 13.1 Å². The Hall–Kier alpha value is -1.54. The van der Waals surface area contributed by atoms with Crippen molar-refractivity contribution in [3.05, 3.63) is 34.1 Å². The molecule has 0 fully saturated rings. The molecule has 0 heterocycles. The van der Waals surface area contributed by atoms with Crippen LogP contribution in [-0.2, 0) is 10.0 Å². The van der Waals surface area contributed by atoms with Gasteiger partial charge < -0.3 is 0 Å². The minimum Gasteiger partial charge on any atom is -0.258 e. The molecule has 0 aromatic heterocycles. The van der Waals surface area contributed by atoms with Crippen molar-refractivity contribution in [1.29, 1.82) is 0 Å². The van der Waals surface area contributed by atoms with Gasteiger partial charge in [-0.2, -0.15) is 4.31 Å². The van der Waals surface area contributed by atoms with Gasteiger partial charge in [0.1, 0.15) is 10.7 Å². The van der Waals surface area contributed by atoms with Crippen LogP contribution in [0.2, 0.25) is 0 Å². The standard InChI is InChI=1S/C10H13FN2O4S/c1-3-12(4-2)18(16,17)10-6-5-8(13(14)15)7-9(10)11/h5-7H,3-4H2,1-2H3. The summed E-state index contributed by atoms with van der Waals surface area (Å²) >= 11 is 0. The maximum atomic E-state index is 13.6. The number of hydrogen-bond donors (Lipinski definition) is 0. The first-order valence-electron chi connectivity index (χ1n) is 5.28. The van der Waals surface area contributed by atoms with Crippen LogP contribution in [-0.4, -0.2) is 30.7 Å². The van der Waals surface area contributed by atoms with Crippen molar-refractivity contribution in [3.63, 3.8) is 0 Å². The van der Waals surface area contributed by atoms with Gasteiger partial charge in [0.25, 0.3) is 5.69 Å². The molecule has 1 aromatic rings. The van der Waals surface area contributed by atoms with Crippen LogP contribution in [0.3, 0.4) is 0 Å². The van der Waals surface area contributed by atoms with Crippen molar-refractivity contribution in [2.75, 3.05) is 13.1 Å². The van der Waals surface area contributed by atoms with Gasteiger partial charge in [-0.3, -0.25) is 10.1 Å². The van der Waals surface area contributed by atoms with E-state index in [2.05, 4.69) is 0 Å². The minimum absolute atomic E-state index is 0.204. The Morgan fingerprint density at radius 1 is 1.33 bits per heavy atom. The third-order valence-corrected chi connectivity index (χ3v) is 4.53. The highest BCUT2D eigenvalue weighted by Crippen LogP contribution is 2.23. The third-order valence-electron chi connectivity index (χ3n) is 2.45. The Bertz CT molecular complexity index is 555. The summed E-state index contributed by atoms with van der Waals surface area (Å²) in [7, 11) is -3.94. The van der Waals surface area contributed by atoms with Crippen molar-refractivity contribution in [2.45, 2.75) is 18.7 Å². The molecule has 0 amide bonds. The summed E-state index contributed by atoms with van der Waals surface area (Å²) in [5, 5.41) is 10.4. The van der Waals surface area contributed by atoms with Gasteiger partial charge in [0.05, 0.1) is 11.0 Å². The van der Waals surface area contributed by atoms with Gasteiger partial charge in [0.2, 0.25) is 10.0 Å². The molecular weight excluding hydrogens is 263 g/mol. The molecule has 0 unspecified atom stereocenters. The molecule has 6 nitrogen and oxygen atoms in total. The lowest BCUT2D eigenvalue weighted by Gasteiger charge is -2.18. The lowest BCUT2D eigenvalue weighted by molar-refractivity contribution is -0.385. The number of non-ortho nitro benzene ring substituents is 1. The Kier molecular flexibility index (Phi) is 4.36. The van der Waals surface area contributed by atoms with Gasteiger partial charge in [-0.05, 0) is 6.07 Å². The SMILES string of the molecule is CCN(CC)S(=O)(=O)c1ccc([N+](=O)[O-])cc1F. The van der Waals surface area contributed by atoms with Gasteiger partial charge in [-0.25, -0.2) is 12.8 Å². The Morgan fingerprint density at radius 2 is 1.89 bits per heavy atom. The highest BCUT2D eigenvalue weighted by molar-refractivity contribution is 7.89. The van der Waals surface area contributed by atoms with E-state index in [1.54, 1.807) is 13.8 Å². The zero-order chi connectivity index (χ0) is 13.9. The first-order valence-corrected chi connectivity index (χ1v) is 6.72. The number of nitro benzene ring substituents is 1. The second-order valence-corrected chi connectivity index (χ2v) is 5.37. The van der Waals surface area contributed by atoms with Gasteiger partial charge in [0.15, 0.2) is 0 Å². The number of halogens is 1. The van der Waals surface area contributed by atoms with E-state index in [1.807, 2.05) is 0 Å². The molecule has 100 valence electrons. The topological polar surface area (TPSA) is 80.5 Å². The maximum Gasteiger partial charge on any atom is 0.272 e. The van der Waals surface area contributed by atoms with Gasteiger partial charge in [0, 0.05) is 19.2 Å². The molecular formula is C10H13FN2O4S. The highest BCUT2D eigenvalue weighted by atomic mass is 32.2. The molecule has 0 N–H and O–H groups in total. The third kappa shape index (κ3) is 2.65. The predicted molar refractivity (Wildman–Crippen MR) is 63.2 cm³/mol. The highest BCUT2D eigenvalue weighted by Gasteiger charge is 2.26. The minimum atomic E-state index is -3.94. The summed E-state index contributed by atoms with van der Waals surface area (Å²) in [6.07, 6.45) is 0. The van der Waals surface area contributed by atoms with Crippen LogP contribution in [0.1, 0.15) is 13.8 Å². The van der Waals surface area contributed by atoms with E-state index in [9.17, 15) is 22.9 Å². The fraction of sp³-hybridized carbons (Fsp3) is 0.400. The number of benzene rings is 1. The number of nitro groups is 1. The average Bonchev–Trinajstić information content (AvgIpc) is 2.29. The summed E-state index contributed by atoms with van der Waals surface area (Å²) in [5.41, 5.74) is -0.481. The Labute approximate surface area is 104 Å². The average molecular weight is 276 g/mol. The van der Waals surface area contributed by atoms with Crippen LogP contribution in [0.15, 0.2) is 23.1 Å². The molecule has 0 spiro atoms. The number of hydrogen-bond acceptors (Lipinski definition) is 4. The van der Waals surface area contributed by atoms with Gasteiger partial charge >= 0.3 is 0 Å². The monoisotopic (exact) mass is 276 g/mol. The fourth-order valence-corrected chi connectivity index (χ4v) is 3.02. The largest absolute Gasteiger partial charge is 0.272 e. The molecule has 0 saturated carbocycles. The molecule has 18 heavy (non-hydrogen) atoms. The molecule has 0 aliphatic rings. The zero-order valence-electron chi connectivity index (χ0n) is 9.96. The zero-order valence-corrected chi connectivity index (χ0v) is 10.8. The molecule has 8 heteroatoms. The maximum absolute atomic E-state index is 13.6. The van der Waals surface area contributed by atoms with Gasteiger partial charge in [-0.1, -0.05) is 13.8 Å². The van der Waals surface area contributed by atoms with Crippen molar-refractivity contribution in [1.82, 2.24) is 4.31 Å². The van der Waals surface area contributed by atoms with E-state index in [1.165, 1.54) is 0 Å². The molecule has 0 bridgehead atoms. The lowest BCUT2D eigenvalue weighted by atomic mass is 10.3. The van der Waals surface area contributed by atoms with Gasteiger partial charge in [-0.15, -0.1) is 0 Å². The normalized spacial score (nSPS) is 11.8. The molecule has 0 atom stereocenters. The second-order valence-electron chi connectivity index (χ2n) is 3.46. The van der Waals surface area contributed by atoms with Crippen LogP contribution in [0.5, 0.6) is 0 Å². The summed E-state index contributed by atoms with van der Waals surface area (Å²) < 4.78 is 38.7. The van der Waals surface area contributed by atoms with Crippen LogP contribution >= 0.6 is 0 Å². The molecule has 0 aliphatic carbocycles. The second kappa shape index (κ2) is 5.40. The molecule has 1 rings (SSSR count). The first kappa shape index (κ1) is 14.5. The van der Waals surface area contributed by atoms with Crippen molar-refractivity contribution in [2.24, 2.45) is 0 Å². The molecule has 0 saturated heterocycles. The number of sulfonamides is 1. The van der Waals surface area contributed by atoms with E-state index in [0.29, 0.717) is 6.07 Å². The quantitative estimate of drug-likeness (QED) is 0.606. The van der Waals surface area contributed by atoms with E-state index in [0.717, 1.165) is 16.4 Å². The molecule has 0 aliphatic heterocycles. The summed E-state index contributed by atoms with van der Waals surface area (Å²) in [6, 6.07) is 2.50. The van der Waals surface area contributed by atoms with Crippen molar-refractivity contribution >= 4 is 15.7 Å². The van der Waals surface area contributed by atoms with Crippen LogP contribution < -0.4 is 0 Å². The Balaban J connectivity index is 3.30. The van der Waals surface area contributed by atoms with E-state index < -0.39 is 31.3 Å². The van der Waals surface area contributed by atoms with Crippen molar-refractivity contribution < 1.29 is 17.7 Å². The lowest BCUT2D eigenvalue weighted by Crippen LogP contribution is -2.31. The van der Waals surface area contributed by atoms with Crippen molar-refractivity contribution in [3.8, 4) is 0 Å². The summed E-state index contributed by atoms with van der Waals surface area (Å²) in [6.45, 7) is 3.67. The van der Waals surface area contributed by atoms with E-state index in [4.69, 9.17) is 0 Å². The number of rotatable bonds is 5. The molecule has 1 aromatic carbocycles. The van der Waals surface area contributed by atoms with E-state index >= 15 is 0 Å². The molecule has 0 radical (unpaired) electrons.